The summed E-state index contributed by atoms with van der Waals surface area (Å²) in [7, 11) is 3.08. The number of carbonyl (C=O) groups is 1. The molecule has 0 aliphatic carbocycles. The summed E-state index contributed by atoms with van der Waals surface area (Å²) in [5.74, 6) is 0.700. The number of rotatable bonds is 6. The molecule has 0 radical (unpaired) electrons. The molecule has 1 amide bonds. The van der Waals surface area contributed by atoms with Crippen LogP contribution >= 0.6 is 0 Å². The van der Waals surface area contributed by atoms with Crippen LogP contribution in [-0.2, 0) is 11.3 Å². The highest BCUT2D eigenvalue weighted by Crippen LogP contribution is 2.28. The molecule has 2 aromatic carbocycles. The molecule has 0 heterocycles. The van der Waals surface area contributed by atoms with E-state index < -0.39 is 5.91 Å². The van der Waals surface area contributed by atoms with E-state index in [2.05, 4.69) is 5.32 Å². The van der Waals surface area contributed by atoms with E-state index in [0.29, 0.717) is 23.6 Å². The molecule has 0 aliphatic rings. The largest absolute Gasteiger partial charge is 0.493 e. The molecular formula is C19H18N2O3. The van der Waals surface area contributed by atoms with Crippen LogP contribution in [0.3, 0.4) is 0 Å². The average Bonchev–Trinajstić information content (AvgIpc) is 2.64. The van der Waals surface area contributed by atoms with Crippen molar-refractivity contribution in [2.75, 3.05) is 14.2 Å². The Labute approximate surface area is 141 Å². The highest BCUT2D eigenvalue weighted by Gasteiger charge is 2.10. The standard InChI is InChI=1S/C19H18N2O3/c1-23-17-9-8-15(11-18(17)24-2)10-16(12-20)19(22)21-13-14-6-4-3-5-7-14/h3-11H,13H2,1-2H3,(H,21,22)/b16-10+. The van der Waals surface area contributed by atoms with Crippen LogP contribution < -0.4 is 14.8 Å². The highest BCUT2D eigenvalue weighted by molar-refractivity contribution is 6.01. The Morgan fingerprint density at radius 2 is 1.83 bits per heavy atom. The predicted octanol–water partition coefficient (Wildman–Crippen LogP) is 2.93. The molecule has 2 aromatic rings. The molecule has 0 fully saturated rings. The zero-order valence-electron chi connectivity index (χ0n) is 13.6. The summed E-state index contributed by atoms with van der Waals surface area (Å²) in [5.41, 5.74) is 1.67. The molecule has 0 unspecified atom stereocenters. The van der Waals surface area contributed by atoms with E-state index in [-0.39, 0.29) is 5.57 Å². The van der Waals surface area contributed by atoms with E-state index in [1.807, 2.05) is 36.4 Å². The summed E-state index contributed by atoms with van der Waals surface area (Å²) in [5, 5.41) is 12.0. The van der Waals surface area contributed by atoms with Crippen molar-refractivity contribution in [3.8, 4) is 17.6 Å². The van der Waals surface area contributed by atoms with Gasteiger partial charge in [-0.15, -0.1) is 0 Å². The van der Waals surface area contributed by atoms with Gasteiger partial charge in [-0.3, -0.25) is 4.79 Å². The second kappa shape index (κ2) is 8.39. The first kappa shape index (κ1) is 17.1. The summed E-state index contributed by atoms with van der Waals surface area (Å²) >= 11 is 0. The number of benzene rings is 2. The van der Waals surface area contributed by atoms with Crippen molar-refractivity contribution in [3.05, 3.63) is 65.2 Å². The maximum absolute atomic E-state index is 12.2. The van der Waals surface area contributed by atoms with Gasteiger partial charge in [0.05, 0.1) is 14.2 Å². The van der Waals surface area contributed by atoms with Crippen LogP contribution in [0, 0.1) is 11.3 Å². The lowest BCUT2D eigenvalue weighted by Gasteiger charge is -2.08. The number of amides is 1. The molecule has 122 valence electrons. The van der Waals surface area contributed by atoms with Crippen molar-refractivity contribution >= 4 is 12.0 Å². The van der Waals surface area contributed by atoms with Crippen LogP contribution in [0.2, 0.25) is 0 Å². The van der Waals surface area contributed by atoms with Crippen LogP contribution in [0.25, 0.3) is 6.08 Å². The van der Waals surface area contributed by atoms with Crippen LogP contribution in [0.15, 0.2) is 54.1 Å². The predicted molar refractivity (Wildman–Crippen MR) is 91.4 cm³/mol. The second-order valence-corrected chi connectivity index (χ2v) is 4.95. The first-order chi connectivity index (χ1) is 11.7. The number of ether oxygens (including phenoxy) is 2. The van der Waals surface area contributed by atoms with Crippen molar-refractivity contribution in [1.29, 1.82) is 5.26 Å². The molecule has 5 heteroatoms. The van der Waals surface area contributed by atoms with Gasteiger partial charge in [0.15, 0.2) is 11.5 Å². The zero-order chi connectivity index (χ0) is 17.4. The summed E-state index contributed by atoms with van der Waals surface area (Å²) in [6.45, 7) is 0.366. The molecule has 2 rings (SSSR count). The molecule has 1 N–H and O–H groups in total. The van der Waals surface area contributed by atoms with Gasteiger partial charge in [0.1, 0.15) is 11.6 Å². The van der Waals surface area contributed by atoms with Crippen molar-refractivity contribution in [1.82, 2.24) is 5.32 Å². The molecule has 0 aromatic heterocycles. The minimum absolute atomic E-state index is 0.0261. The second-order valence-electron chi connectivity index (χ2n) is 4.95. The fraction of sp³-hybridized carbons (Fsp3) is 0.158. The zero-order valence-corrected chi connectivity index (χ0v) is 13.6. The maximum atomic E-state index is 12.2. The van der Waals surface area contributed by atoms with E-state index in [1.54, 1.807) is 25.3 Å². The van der Waals surface area contributed by atoms with Crippen molar-refractivity contribution in [3.63, 3.8) is 0 Å². The smallest absolute Gasteiger partial charge is 0.262 e. The average molecular weight is 322 g/mol. The summed E-state index contributed by atoms with van der Waals surface area (Å²) in [6, 6.07) is 16.6. The number of carbonyl (C=O) groups excluding carboxylic acids is 1. The lowest BCUT2D eigenvalue weighted by atomic mass is 10.1. The van der Waals surface area contributed by atoms with Gasteiger partial charge in [0.25, 0.3) is 5.91 Å². The third-order valence-corrected chi connectivity index (χ3v) is 3.38. The van der Waals surface area contributed by atoms with Gasteiger partial charge in [-0.2, -0.15) is 5.26 Å². The number of methoxy groups -OCH3 is 2. The van der Waals surface area contributed by atoms with Gasteiger partial charge < -0.3 is 14.8 Å². The molecule has 0 saturated heterocycles. The van der Waals surface area contributed by atoms with Crippen LogP contribution in [0.1, 0.15) is 11.1 Å². The van der Waals surface area contributed by atoms with Gasteiger partial charge in [-0.25, -0.2) is 0 Å². The highest BCUT2D eigenvalue weighted by atomic mass is 16.5. The van der Waals surface area contributed by atoms with E-state index >= 15 is 0 Å². The van der Waals surface area contributed by atoms with Crippen molar-refractivity contribution in [2.24, 2.45) is 0 Å². The van der Waals surface area contributed by atoms with Crippen molar-refractivity contribution in [2.45, 2.75) is 6.54 Å². The minimum Gasteiger partial charge on any atom is -0.493 e. The molecule has 5 nitrogen and oxygen atoms in total. The van der Waals surface area contributed by atoms with Gasteiger partial charge in [0.2, 0.25) is 0 Å². The van der Waals surface area contributed by atoms with Gasteiger partial charge in [-0.1, -0.05) is 36.4 Å². The Morgan fingerprint density at radius 3 is 2.46 bits per heavy atom. The third-order valence-electron chi connectivity index (χ3n) is 3.38. The topological polar surface area (TPSA) is 71.3 Å². The lowest BCUT2D eigenvalue weighted by molar-refractivity contribution is -0.117. The normalized spacial score (nSPS) is 10.6. The van der Waals surface area contributed by atoms with E-state index in [9.17, 15) is 10.1 Å². The minimum atomic E-state index is -0.420. The van der Waals surface area contributed by atoms with Crippen molar-refractivity contribution < 1.29 is 14.3 Å². The number of nitrogens with one attached hydrogen (secondary N) is 1. The maximum Gasteiger partial charge on any atom is 0.262 e. The summed E-state index contributed by atoms with van der Waals surface area (Å²) in [4.78, 5) is 12.2. The van der Waals surface area contributed by atoms with E-state index in [4.69, 9.17) is 9.47 Å². The Kier molecular flexibility index (Phi) is 5.98. The monoisotopic (exact) mass is 322 g/mol. The Morgan fingerprint density at radius 1 is 1.12 bits per heavy atom. The lowest BCUT2D eigenvalue weighted by Crippen LogP contribution is -2.23. The fourth-order valence-electron chi connectivity index (χ4n) is 2.13. The Hall–Kier alpha value is -3.26. The SMILES string of the molecule is COc1ccc(/C=C(\C#N)C(=O)NCc2ccccc2)cc1OC. The number of hydrogen-bond donors (Lipinski definition) is 1. The van der Waals surface area contributed by atoms with Crippen LogP contribution in [0.5, 0.6) is 11.5 Å². The molecule has 0 bridgehead atoms. The Bertz CT molecular complexity index is 777. The number of hydrogen-bond acceptors (Lipinski definition) is 4. The first-order valence-corrected chi connectivity index (χ1v) is 7.34. The number of nitrogens with zero attached hydrogens (tertiary/aromatic N) is 1. The molecule has 24 heavy (non-hydrogen) atoms. The quantitative estimate of drug-likeness (QED) is 0.655. The van der Waals surface area contributed by atoms with E-state index in [0.717, 1.165) is 5.56 Å². The van der Waals surface area contributed by atoms with Gasteiger partial charge >= 0.3 is 0 Å². The molecule has 0 saturated carbocycles. The van der Waals surface area contributed by atoms with Crippen LogP contribution in [-0.4, -0.2) is 20.1 Å². The number of nitriles is 1. The Balaban J connectivity index is 2.13. The molecule has 0 spiro atoms. The van der Waals surface area contributed by atoms with Crippen LogP contribution in [0.4, 0.5) is 0 Å². The molecule has 0 aliphatic heterocycles. The molecule has 0 atom stereocenters. The van der Waals surface area contributed by atoms with Gasteiger partial charge in [0, 0.05) is 6.54 Å². The summed E-state index contributed by atoms with van der Waals surface area (Å²) in [6.07, 6.45) is 1.52. The molecular weight excluding hydrogens is 304 g/mol. The van der Waals surface area contributed by atoms with E-state index in [1.165, 1.54) is 13.2 Å². The third kappa shape index (κ3) is 4.37. The van der Waals surface area contributed by atoms with Gasteiger partial charge in [-0.05, 0) is 29.3 Å². The summed E-state index contributed by atoms with van der Waals surface area (Å²) < 4.78 is 10.4. The fourth-order valence-corrected chi connectivity index (χ4v) is 2.13. The first-order valence-electron chi connectivity index (χ1n) is 7.34.